The van der Waals surface area contributed by atoms with Crippen molar-refractivity contribution in [1.82, 2.24) is 0 Å². The molecular weight excluding hydrogens is 298 g/mol. The molecule has 0 spiro atoms. The van der Waals surface area contributed by atoms with E-state index in [0.717, 1.165) is 0 Å². The van der Waals surface area contributed by atoms with Gasteiger partial charge in [-0.2, -0.15) is 0 Å². The molecule has 0 saturated carbocycles. The highest BCUT2D eigenvalue weighted by molar-refractivity contribution is 6.05. The molecule has 0 unspecified atom stereocenters. The fourth-order valence-corrected chi connectivity index (χ4v) is 2.11. The number of anilines is 1. The zero-order valence-electron chi connectivity index (χ0n) is 13.0. The normalized spacial score (nSPS) is 10.0. The molecule has 1 amide bonds. The molecule has 0 aliphatic carbocycles. The van der Waals surface area contributed by atoms with Gasteiger partial charge in [-0.15, -0.1) is 0 Å². The first-order valence-corrected chi connectivity index (χ1v) is 6.83. The van der Waals surface area contributed by atoms with Crippen molar-refractivity contribution in [2.45, 2.75) is 6.92 Å². The standard InChI is InChI=1S/C17H17NO5/c1-10-8-12(17(20)21)4-6-13(10)18-16(19)11-5-7-14(22-2)15(9-11)23-3/h4-9H,1-3H3,(H,18,19)(H,20,21). The van der Waals surface area contributed by atoms with E-state index < -0.39 is 5.97 Å². The van der Waals surface area contributed by atoms with E-state index in [1.807, 2.05) is 0 Å². The summed E-state index contributed by atoms with van der Waals surface area (Å²) in [6.45, 7) is 1.73. The number of hydrogen-bond donors (Lipinski definition) is 2. The predicted octanol–water partition coefficient (Wildman–Crippen LogP) is 2.96. The molecular formula is C17H17NO5. The van der Waals surface area contributed by atoms with Gasteiger partial charge in [0.05, 0.1) is 19.8 Å². The minimum absolute atomic E-state index is 0.173. The van der Waals surface area contributed by atoms with E-state index in [4.69, 9.17) is 14.6 Å². The molecule has 2 N–H and O–H groups in total. The molecule has 2 rings (SSSR count). The number of carbonyl (C=O) groups excluding carboxylic acids is 1. The topological polar surface area (TPSA) is 84.9 Å². The number of ether oxygens (including phenoxy) is 2. The van der Waals surface area contributed by atoms with Gasteiger partial charge in [0.25, 0.3) is 5.91 Å². The smallest absolute Gasteiger partial charge is 0.335 e. The molecule has 0 aliphatic rings. The lowest BCUT2D eigenvalue weighted by molar-refractivity contribution is 0.0696. The van der Waals surface area contributed by atoms with Crippen LogP contribution in [0.1, 0.15) is 26.3 Å². The molecule has 23 heavy (non-hydrogen) atoms. The van der Waals surface area contributed by atoms with Crippen LogP contribution in [0.2, 0.25) is 0 Å². The van der Waals surface area contributed by atoms with Gasteiger partial charge in [0, 0.05) is 11.3 Å². The number of carbonyl (C=O) groups is 2. The van der Waals surface area contributed by atoms with Crippen molar-refractivity contribution < 1.29 is 24.2 Å². The van der Waals surface area contributed by atoms with Gasteiger partial charge in [-0.1, -0.05) is 0 Å². The zero-order chi connectivity index (χ0) is 17.0. The van der Waals surface area contributed by atoms with Gasteiger partial charge in [0.1, 0.15) is 0 Å². The minimum atomic E-state index is -1.01. The lowest BCUT2D eigenvalue weighted by atomic mass is 10.1. The van der Waals surface area contributed by atoms with Crippen molar-refractivity contribution in [2.75, 3.05) is 19.5 Å². The van der Waals surface area contributed by atoms with Gasteiger partial charge in [-0.25, -0.2) is 4.79 Å². The molecule has 0 fully saturated rings. The Bertz CT molecular complexity index is 755. The molecule has 120 valence electrons. The Labute approximate surface area is 133 Å². The maximum Gasteiger partial charge on any atom is 0.335 e. The number of benzene rings is 2. The first-order valence-electron chi connectivity index (χ1n) is 6.83. The molecule has 6 nitrogen and oxygen atoms in total. The van der Waals surface area contributed by atoms with Crippen LogP contribution in [0.5, 0.6) is 11.5 Å². The second kappa shape index (κ2) is 6.83. The molecule has 0 bridgehead atoms. The van der Waals surface area contributed by atoms with Gasteiger partial charge in [0.15, 0.2) is 11.5 Å². The number of nitrogens with one attached hydrogen (secondary N) is 1. The largest absolute Gasteiger partial charge is 0.493 e. The third-order valence-electron chi connectivity index (χ3n) is 3.37. The van der Waals surface area contributed by atoms with Crippen LogP contribution in [-0.4, -0.2) is 31.2 Å². The number of aromatic carboxylic acids is 1. The Morgan fingerprint density at radius 1 is 0.957 bits per heavy atom. The summed E-state index contributed by atoms with van der Waals surface area (Å²) in [5.74, 6) is -0.341. The van der Waals surface area contributed by atoms with Crippen LogP contribution in [0.25, 0.3) is 0 Å². The molecule has 0 atom stereocenters. The fourth-order valence-electron chi connectivity index (χ4n) is 2.11. The highest BCUT2D eigenvalue weighted by Crippen LogP contribution is 2.28. The summed E-state index contributed by atoms with van der Waals surface area (Å²) < 4.78 is 10.3. The van der Waals surface area contributed by atoms with Gasteiger partial charge in [-0.05, 0) is 48.9 Å². The van der Waals surface area contributed by atoms with Crippen molar-refractivity contribution in [1.29, 1.82) is 0 Å². The SMILES string of the molecule is COc1ccc(C(=O)Nc2ccc(C(=O)O)cc2C)cc1OC. The average molecular weight is 315 g/mol. The van der Waals surface area contributed by atoms with Crippen LogP contribution in [0.3, 0.4) is 0 Å². The third-order valence-corrected chi connectivity index (χ3v) is 3.37. The summed E-state index contributed by atoms with van der Waals surface area (Å²) in [6, 6.07) is 9.37. The van der Waals surface area contributed by atoms with E-state index in [0.29, 0.717) is 28.3 Å². The van der Waals surface area contributed by atoms with Gasteiger partial charge in [0.2, 0.25) is 0 Å². The van der Waals surface area contributed by atoms with Crippen LogP contribution in [0, 0.1) is 6.92 Å². The second-order valence-electron chi connectivity index (χ2n) is 4.86. The van der Waals surface area contributed by atoms with Crippen LogP contribution in [0.4, 0.5) is 5.69 Å². The maximum atomic E-state index is 12.3. The fraction of sp³-hybridized carbons (Fsp3) is 0.176. The molecule has 0 radical (unpaired) electrons. The van der Waals surface area contributed by atoms with Crippen LogP contribution in [0.15, 0.2) is 36.4 Å². The van der Waals surface area contributed by atoms with Crippen LogP contribution >= 0.6 is 0 Å². The van der Waals surface area contributed by atoms with E-state index in [1.165, 1.54) is 26.4 Å². The zero-order valence-corrected chi connectivity index (χ0v) is 13.0. The number of rotatable bonds is 5. The molecule has 0 heterocycles. The molecule has 2 aromatic rings. The Hall–Kier alpha value is -3.02. The molecule has 2 aromatic carbocycles. The second-order valence-corrected chi connectivity index (χ2v) is 4.86. The highest BCUT2D eigenvalue weighted by Gasteiger charge is 2.13. The van der Waals surface area contributed by atoms with Gasteiger partial charge in [-0.3, -0.25) is 4.79 Å². The summed E-state index contributed by atoms with van der Waals surface area (Å²) in [6.07, 6.45) is 0. The number of amides is 1. The predicted molar refractivity (Wildman–Crippen MR) is 85.6 cm³/mol. The average Bonchev–Trinajstić information content (AvgIpc) is 2.55. The van der Waals surface area contributed by atoms with Crippen molar-refractivity contribution in [2.24, 2.45) is 0 Å². The quantitative estimate of drug-likeness (QED) is 0.886. The van der Waals surface area contributed by atoms with Gasteiger partial charge >= 0.3 is 5.97 Å². The van der Waals surface area contributed by atoms with Crippen molar-refractivity contribution in [3.8, 4) is 11.5 Å². The molecule has 6 heteroatoms. The summed E-state index contributed by atoms with van der Waals surface area (Å²) in [5, 5.41) is 11.7. The monoisotopic (exact) mass is 315 g/mol. The summed E-state index contributed by atoms with van der Waals surface area (Å²) in [5.41, 5.74) is 1.80. The summed E-state index contributed by atoms with van der Waals surface area (Å²) >= 11 is 0. The number of carboxylic acid groups (broad SMARTS) is 1. The summed E-state index contributed by atoms with van der Waals surface area (Å²) in [7, 11) is 3.01. The molecule has 0 aliphatic heterocycles. The van der Waals surface area contributed by atoms with E-state index in [2.05, 4.69) is 5.32 Å². The van der Waals surface area contributed by atoms with E-state index in [1.54, 1.807) is 31.2 Å². The Morgan fingerprint density at radius 2 is 1.61 bits per heavy atom. The third kappa shape index (κ3) is 3.60. The van der Waals surface area contributed by atoms with Crippen molar-refractivity contribution >= 4 is 17.6 Å². The number of methoxy groups -OCH3 is 2. The molecule has 0 aromatic heterocycles. The maximum absolute atomic E-state index is 12.3. The van der Waals surface area contributed by atoms with E-state index in [9.17, 15) is 9.59 Å². The summed E-state index contributed by atoms with van der Waals surface area (Å²) in [4.78, 5) is 23.3. The number of carboxylic acids is 1. The number of aryl methyl sites for hydroxylation is 1. The lowest BCUT2D eigenvalue weighted by Gasteiger charge is -2.11. The minimum Gasteiger partial charge on any atom is -0.493 e. The van der Waals surface area contributed by atoms with E-state index in [-0.39, 0.29) is 11.5 Å². The van der Waals surface area contributed by atoms with Gasteiger partial charge < -0.3 is 19.9 Å². The van der Waals surface area contributed by atoms with Crippen molar-refractivity contribution in [3.05, 3.63) is 53.1 Å². The first kappa shape index (κ1) is 16.4. The number of hydrogen-bond acceptors (Lipinski definition) is 4. The highest BCUT2D eigenvalue weighted by atomic mass is 16.5. The molecule has 0 saturated heterocycles. The lowest BCUT2D eigenvalue weighted by Crippen LogP contribution is -2.13. The Balaban J connectivity index is 2.24. The Morgan fingerprint density at radius 3 is 2.17 bits per heavy atom. The van der Waals surface area contributed by atoms with Crippen molar-refractivity contribution in [3.63, 3.8) is 0 Å². The van der Waals surface area contributed by atoms with Crippen LogP contribution in [-0.2, 0) is 0 Å². The first-order chi connectivity index (χ1) is 11.0. The Kier molecular flexibility index (Phi) is 4.85. The van der Waals surface area contributed by atoms with E-state index >= 15 is 0 Å². The van der Waals surface area contributed by atoms with Crippen LogP contribution < -0.4 is 14.8 Å².